The quantitative estimate of drug-likeness (QED) is 0.699. The molecular weight excluding hydrogens is 340 g/mol. The van der Waals surface area contributed by atoms with Gasteiger partial charge < -0.3 is 15.0 Å². The van der Waals surface area contributed by atoms with E-state index in [1.165, 1.54) is 6.08 Å². The molecule has 6 nitrogen and oxygen atoms in total. The number of fused-ring (bicyclic) bond motifs is 1. The van der Waals surface area contributed by atoms with Crippen LogP contribution in [0.15, 0.2) is 49.1 Å². The number of aromatic hydroxyl groups is 1. The number of nitrogens with one attached hydrogen (secondary N) is 1. The van der Waals surface area contributed by atoms with Crippen molar-refractivity contribution in [2.75, 3.05) is 13.1 Å². The number of H-pyrrole nitrogens is 1. The molecule has 1 aliphatic heterocycles. The molecule has 2 N–H and O–H groups in total. The van der Waals surface area contributed by atoms with Crippen LogP contribution in [0, 0.1) is 5.92 Å². The van der Waals surface area contributed by atoms with E-state index in [2.05, 4.69) is 34.8 Å². The van der Waals surface area contributed by atoms with Crippen LogP contribution in [0.2, 0.25) is 0 Å². The normalized spacial score (nSPS) is 20.0. The predicted octanol–water partition coefficient (Wildman–Crippen LogP) is 3.47. The molecule has 3 heterocycles. The molecule has 138 valence electrons. The largest absolute Gasteiger partial charge is 0.507 e. The summed E-state index contributed by atoms with van der Waals surface area (Å²) < 4.78 is 0. The van der Waals surface area contributed by atoms with E-state index >= 15 is 0 Å². The second-order valence-corrected chi connectivity index (χ2v) is 7.14. The summed E-state index contributed by atoms with van der Waals surface area (Å²) in [6, 6.07) is 11.1. The van der Waals surface area contributed by atoms with Crippen LogP contribution in [-0.4, -0.2) is 44.2 Å². The highest BCUT2D eigenvalue weighted by Gasteiger charge is 2.30. The molecule has 2 aromatic heterocycles. The molecule has 3 aromatic rings. The number of amides is 1. The van der Waals surface area contributed by atoms with Gasteiger partial charge in [0.15, 0.2) is 5.65 Å². The zero-order valence-electron chi connectivity index (χ0n) is 15.2. The van der Waals surface area contributed by atoms with Gasteiger partial charge >= 0.3 is 0 Å². The Morgan fingerprint density at radius 3 is 2.93 bits per heavy atom. The van der Waals surface area contributed by atoms with Crippen molar-refractivity contribution in [1.82, 2.24) is 20.1 Å². The van der Waals surface area contributed by atoms with Crippen LogP contribution in [-0.2, 0) is 4.79 Å². The number of nitrogens with zero attached hydrogens (tertiary/aromatic N) is 3. The number of likely N-dealkylation sites (tertiary alicyclic amines) is 1. The van der Waals surface area contributed by atoms with Crippen LogP contribution in [0.25, 0.3) is 22.3 Å². The van der Waals surface area contributed by atoms with E-state index in [4.69, 9.17) is 0 Å². The number of hydrogen-bond acceptors (Lipinski definition) is 4. The molecule has 2 atom stereocenters. The average molecular weight is 362 g/mol. The van der Waals surface area contributed by atoms with Crippen LogP contribution in [0.5, 0.6) is 5.75 Å². The van der Waals surface area contributed by atoms with Crippen LogP contribution in [0.1, 0.15) is 25.0 Å². The van der Waals surface area contributed by atoms with Crippen molar-refractivity contribution in [3.63, 3.8) is 0 Å². The molecule has 1 saturated heterocycles. The molecule has 0 aliphatic carbocycles. The molecule has 0 bridgehead atoms. The van der Waals surface area contributed by atoms with Crippen molar-refractivity contribution in [1.29, 1.82) is 0 Å². The Hall–Kier alpha value is -3.15. The van der Waals surface area contributed by atoms with E-state index in [1.54, 1.807) is 12.1 Å². The highest BCUT2D eigenvalue weighted by molar-refractivity contribution is 5.87. The Kier molecular flexibility index (Phi) is 4.39. The lowest BCUT2D eigenvalue weighted by atomic mass is 9.84. The first-order valence-corrected chi connectivity index (χ1v) is 9.13. The maximum atomic E-state index is 12.0. The number of phenolic OH excluding ortho intramolecular Hbond substituents is 1. The number of aromatic amines is 1. The van der Waals surface area contributed by atoms with Gasteiger partial charge in [-0.3, -0.25) is 4.79 Å². The molecule has 1 aliphatic rings. The molecule has 6 heteroatoms. The summed E-state index contributed by atoms with van der Waals surface area (Å²) in [5, 5.41) is 19.6. The SMILES string of the molecule is C=CC(=O)N1CC[C@@H](C)[C@@H](c2cc3cc(-c4ccccc4O)nnc3[nH]2)C1. The molecule has 0 unspecified atom stereocenters. The first-order valence-electron chi connectivity index (χ1n) is 9.13. The fraction of sp³-hybridized carbons (Fsp3) is 0.286. The van der Waals surface area contributed by atoms with Crippen molar-refractivity contribution < 1.29 is 9.90 Å². The van der Waals surface area contributed by atoms with Gasteiger partial charge in [-0.2, -0.15) is 0 Å². The minimum absolute atomic E-state index is 0.0235. The highest BCUT2D eigenvalue weighted by atomic mass is 16.3. The van der Waals surface area contributed by atoms with Crippen molar-refractivity contribution in [3.05, 3.63) is 54.7 Å². The second kappa shape index (κ2) is 6.87. The van der Waals surface area contributed by atoms with Gasteiger partial charge in [0, 0.05) is 35.7 Å². The Morgan fingerprint density at radius 2 is 2.15 bits per heavy atom. The summed E-state index contributed by atoms with van der Waals surface area (Å²) in [5.74, 6) is 0.828. The number of aromatic nitrogens is 3. The van der Waals surface area contributed by atoms with E-state index in [0.29, 0.717) is 29.4 Å². The summed E-state index contributed by atoms with van der Waals surface area (Å²) in [7, 11) is 0. The van der Waals surface area contributed by atoms with Crippen LogP contribution < -0.4 is 0 Å². The molecule has 4 rings (SSSR count). The summed E-state index contributed by atoms with van der Waals surface area (Å²) in [6.07, 6.45) is 2.33. The first kappa shape index (κ1) is 17.3. The van der Waals surface area contributed by atoms with Crippen LogP contribution >= 0.6 is 0 Å². The molecule has 0 saturated carbocycles. The average Bonchev–Trinajstić information content (AvgIpc) is 3.11. The Balaban J connectivity index is 1.68. The monoisotopic (exact) mass is 362 g/mol. The van der Waals surface area contributed by atoms with Gasteiger partial charge in [-0.25, -0.2) is 0 Å². The summed E-state index contributed by atoms with van der Waals surface area (Å²) in [4.78, 5) is 17.2. The lowest BCUT2D eigenvalue weighted by Crippen LogP contribution is -2.41. The summed E-state index contributed by atoms with van der Waals surface area (Å²) in [5.41, 5.74) is 3.06. The van der Waals surface area contributed by atoms with Crippen molar-refractivity contribution in [2.24, 2.45) is 5.92 Å². The minimum Gasteiger partial charge on any atom is -0.507 e. The van der Waals surface area contributed by atoms with Crippen molar-refractivity contribution >= 4 is 16.9 Å². The second-order valence-electron chi connectivity index (χ2n) is 7.14. The standard InChI is InChI=1S/C21H22N4O2/c1-3-20(27)25-9-8-13(2)16(12-25)17-10-14-11-18(23-24-21(14)22-17)15-6-4-5-7-19(15)26/h3-7,10-11,13,16,26H,1,8-9,12H2,2H3,(H,22,24)/t13-,16+/m1/s1. The molecular formula is C21H22N4O2. The minimum atomic E-state index is -0.0235. The van der Waals surface area contributed by atoms with Crippen LogP contribution in [0.3, 0.4) is 0 Å². The zero-order chi connectivity index (χ0) is 19.0. The zero-order valence-corrected chi connectivity index (χ0v) is 15.2. The third-order valence-electron chi connectivity index (χ3n) is 5.42. The maximum Gasteiger partial charge on any atom is 0.245 e. The Labute approximate surface area is 157 Å². The van der Waals surface area contributed by atoms with E-state index in [0.717, 1.165) is 24.0 Å². The third kappa shape index (κ3) is 3.18. The summed E-state index contributed by atoms with van der Waals surface area (Å²) >= 11 is 0. The van der Waals surface area contributed by atoms with Gasteiger partial charge in [0.1, 0.15) is 5.75 Å². The predicted molar refractivity (Wildman–Crippen MR) is 104 cm³/mol. The van der Waals surface area contributed by atoms with Crippen molar-refractivity contribution in [2.45, 2.75) is 19.3 Å². The van der Waals surface area contributed by atoms with Gasteiger partial charge in [0.05, 0.1) is 5.69 Å². The molecule has 0 spiro atoms. The summed E-state index contributed by atoms with van der Waals surface area (Å²) in [6.45, 7) is 7.24. The van der Waals surface area contributed by atoms with E-state index in [-0.39, 0.29) is 17.6 Å². The maximum absolute atomic E-state index is 12.0. The van der Waals surface area contributed by atoms with Gasteiger partial charge in [-0.15, -0.1) is 10.2 Å². The number of benzene rings is 1. The number of para-hydroxylation sites is 1. The number of hydrogen-bond donors (Lipinski definition) is 2. The molecule has 1 aromatic carbocycles. The number of phenols is 1. The molecule has 1 amide bonds. The van der Waals surface area contributed by atoms with Gasteiger partial charge in [-0.1, -0.05) is 25.6 Å². The lowest BCUT2D eigenvalue weighted by Gasteiger charge is -2.36. The fourth-order valence-electron chi connectivity index (χ4n) is 3.78. The van der Waals surface area contributed by atoms with Gasteiger partial charge in [0.2, 0.25) is 5.91 Å². The molecule has 1 fully saturated rings. The Morgan fingerprint density at radius 1 is 1.33 bits per heavy atom. The lowest BCUT2D eigenvalue weighted by molar-refractivity contribution is -0.127. The number of carbonyl (C=O) groups excluding carboxylic acids is 1. The smallest absolute Gasteiger partial charge is 0.245 e. The molecule has 27 heavy (non-hydrogen) atoms. The third-order valence-corrected chi connectivity index (χ3v) is 5.42. The van der Waals surface area contributed by atoms with Crippen molar-refractivity contribution in [3.8, 4) is 17.0 Å². The first-order chi connectivity index (χ1) is 13.1. The van der Waals surface area contributed by atoms with Gasteiger partial charge in [-0.05, 0) is 42.7 Å². The molecule has 0 radical (unpaired) electrons. The van der Waals surface area contributed by atoms with Crippen LogP contribution in [0.4, 0.5) is 0 Å². The highest BCUT2D eigenvalue weighted by Crippen LogP contribution is 2.34. The Bertz CT molecular complexity index is 1010. The number of carbonyl (C=O) groups is 1. The number of rotatable bonds is 3. The fourth-order valence-corrected chi connectivity index (χ4v) is 3.78. The number of piperidine rings is 1. The van der Waals surface area contributed by atoms with E-state index < -0.39 is 0 Å². The topological polar surface area (TPSA) is 82.1 Å². The van der Waals surface area contributed by atoms with E-state index in [9.17, 15) is 9.90 Å². The van der Waals surface area contributed by atoms with E-state index in [1.807, 2.05) is 23.1 Å². The van der Waals surface area contributed by atoms with Gasteiger partial charge in [0.25, 0.3) is 0 Å².